The van der Waals surface area contributed by atoms with Crippen LogP contribution in [0.3, 0.4) is 0 Å². The Morgan fingerprint density at radius 1 is 0.950 bits per heavy atom. The van der Waals surface area contributed by atoms with E-state index in [0.29, 0.717) is 33.9 Å². The van der Waals surface area contributed by atoms with Crippen molar-refractivity contribution in [1.29, 1.82) is 0 Å². The Balaban J connectivity index is 1.43. The van der Waals surface area contributed by atoms with Crippen LogP contribution in [0.2, 0.25) is 0 Å². The summed E-state index contributed by atoms with van der Waals surface area (Å²) in [7, 11) is 12.4. The van der Waals surface area contributed by atoms with Crippen LogP contribution in [-0.2, 0) is 0 Å². The summed E-state index contributed by atoms with van der Waals surface area (Å²) in [5.41, 5.74) is 2.07. The van der Waals surface area contributed by atoms with Gasteiger partial charge in [0, 0.05) is 23.0 Å². The van der Waals surface area contributed by atoms with Gasteiger partial charge in [-0.3, -0.25) is 0 Å². The molecule has 0 unspecified atom stereocenters. The lowest BCUT2D eigenvalue weighted by molar-refractivity contribution is 0.145. The molecule has 2 heterocycles. The molecule has 0 amide bonds. The van der Waals surface area contributed by atoms with Gasteiger partial charge in [-0.05, 0) is 78.0 Å². The third-order valence-electron chi connectivity index (χ3n) is 8.33. The molecular weight excluding hydrogens is 498 g/mol. The second-order valence-electron chi connectivity index (χ2n) is 14.5. The number of aromatic hydroxyl groups is 1. The SMILES string of the molecule is BC(B)(B)Oc1cc(-c2cc(O)c(-c3ccc(N([C@H]4C[C@]5(C)CC[C@](C)(C4)C5)C(B)(B)B)nn3)c(F)c2)cnn1. The first-order chi connectivity index (χ1) is 18.5. The maximum atomic E-state index is 15.5. The summed E-state index contributed by atoms with van der Waals surface area (Å²) in [6.45, 7) is 4.85. The molecule has 14 heteroatoms. The highest BCUT2D eigenvalue weighted by molar-refractivity contribution is 6.61. The molecular formula is C26H36B6FN5O2. The van der Waals surface area contributed by atoms with Crippen molar-refractivity contribution in [1.82, 2.24) is 20.4 Å². The van der Waals surface area contributed by atoms with Gasteiger partial charge in [0.15, 0.2) is 0 Å². The smallest absolute Gasteiger partial charge is 0.232 e. The lowest BCUT2D eigenvalue weighted by Gasteiger charge is -2.50. The first kappa shape index (κ1) is 28.6. The number of ether oxygens (including phenoxy) is 1. The van der Waals surface area contributed by atoms with Gasteiger partial charge in [0.1, 0.15) is 64.5 Å². The predicted molar refractivity (Wildman–Crippen MR) is 173 cm³/mol. The maximum Gasteiger partial charge on any atom is 0.232 e. The van der Waals surface area contributed by atoms with Crippen molar-refractivity contribution in [3.63, 3.8) is 0 Å². The quantitative estimate of drug-likeness (QED) is 0.390. The van der Waals surface area contributed by atoms with Crippen molar-refractivity contribution in [2.24, 2.45) is 10.8 Å². The molecule has 202 valence electrons. The van der Waals surface area contributed by atoms with Gasteiger partial charge < -0.3 is 14.7 Å². The summed E-state index contributed by atoms with van der Waals surface area (Å²) in [5.74, 6) is 0.294. The standard InChI is InChI=1S/C26H36B6FN5O2/c1-23-5-6-24(2,13-23)11-16(10-23)38(25(27,28)29)20-4-3-18(35-36-20)22-17(33)7-14(8-19(22)39)15-9-21(37-34-12-15)40-26(30,31)32/h3-4,7-9,12,16,39H,5-6,10-11,13,27-32H2,1-2H3/t16-,23-,24+. The summed E-state index contributed by atoms with van der Waals surface area (Å²) in [6, 6.07) is 8.57. The Bertz CT molecular complexity index is 1380. The summed E-state index contributed by atoms with van der Waals surface area (Å²) in [4.78, 5) is 2.40. The second-order valence-corrected chi connectivity index (χ2v) is 14.5. The number of halogens is 1. The Morgan fingerprint density at radius 2 is 1.62 bits per heavy atom. The van der Waals surface area contributed by atoms with E-state index in [-0.39, 0.29) is 22.2 Å². The molecule has 0 radical (unpaired) electrons. The Hall–Kier alpha value is -2.90. The van der Waals surface area contributed by atoms with Crippen LogP contribution in [0.5, 0.6) is 11.6 Å². The van der Waals surface area contributed by atoms with Crippen LogP contribution in [0.1, 0.15) is 46.0 Å². The number of rotatable bonds is 7. The molecule has 5 rings (SSSR count). The van der Waals surface area contributed by atoms with Gasteiger partial charge in [-0.15, -0.1) is 15.3 Å². The zero-order chi connectivity index (χ0) is 29.1. The van der Waals surface area contributed by atoms with Crippen LogP contribution >= 0.6 is 0 Å². The molecule has 3 atom stereocenters. The van der Waals surface area contributed by atoms with Gasteiger partial charge >= 0.3 is 0 Å². The number of phenolic OH excluding ortho intramolecular Hbond substituents is 1. The van der Waals surface area contributed by atoms with E-state index >= 15 is 4.39 Å². The van der Waals surface area contributed by atoms with E-state index in [4.69, 9.17) is 4.74 Å². The molecule has 7 nitrogen and oxygen atoms in total. The van der Waals surface area contributed by atoms with Gasteiger partial charge in [0.2, 0.25) is 5.88 Å². The van der Waals surface area contributed by atoms with Crippen molar-refractivity contribution in [2.45, 2.75) is 62.5 Å². The van der Waals surface area contributed by atoms with E-state index in [2.05, 4.69) is 62.7 Å². The molecule has 2 aliphatic carbocycles. The fourth-order valence-corrected chi connectivity index (χ4v) is 7.10. The monoisotopic (exact) mass is 535 g/mol. The highest BCUT2D eigenvalue weighted by Gasteiger charge is 2.51. The lowest BCUT2D eigenvalue weighted by Crippen LogP contribution is -2.58. The topological polar surface area (TPSA) is 84.3 Å². The molecule has 2 aromatic heterocycles. The largest absolute Gasteiger partial charge is 0.507 e. The van der Waals surface area contributed by atoms with Gasteiger partial charge in [-0.1, -0.05) is 13.8 Å². The zero-order valence-corrected chi connectivity index (χ0v) is 25.0. The molecule has 3 aromatic rings. The molecule has 1 N–H and O–H groups in total. The van der Waals surface area contributed by atoms with Gasteiger partial charge in [-0.25, -0.2) is 4.39 Å². The number of benzene rings is 1. The summed E-state index contributed by atoms with van der Waals surface area (Å²) in [6.07, 6.45) is 7.61. The summed E-state index contributed by atoms with van der Waals surface area (Å²) >= 11 is 0. The first-order valence-corrected chi connectivity index (χ1v) is 14.2. The zero-order valence-electron chi connectivity index (χ0n) is 25.0. The van der Waals surface area contributed by atoms with Crippen LogP contribution in [0.25, 0.3) is 22.4 Å². The maximum absolute atomic E-state index is 15.5. The average Bonchev–Trinajstić information content (AvgIpc) is 3.04. The minimum atomic E-state index is -0.593. The number of anilines is 1. The fraction of sp³-hybridized carbons (Fsp3) is 0.462. The van der Waals surface area contributed by atoms with Crippen molar-refractivity contribution in [2.75, 3.05) is 4.90 Å². The van der Waals surface area contributed by atoms with E-state index in [9.17, 15) is 5.11 Å². The number of nitrogens with zero attached hydrogens (tertiary/aromatic N) is 5. The van der Waals surface area contributed by atoms with Crippen LogP contribution in [0, 0.1) is 16.6 Å². The lowest BCUT2D eigenvalue weighted by atomic mass is 9.47. The van der Waals surface area contributed by atoms with E-state index in [0.717, 1.165) is 18.7 Å². The molecule has 0 saturated heterocycles. The van der Waals surface area contributed by atoms with Crippen molar-refractivity contribution < 1.29 is 14.2 Å². The Labute approximate surface area is 241 Å². The fourth-order valence-electron chi connectivity index (χ4n) is 7.10. The first-order valence-electron chi connectivity index (χ1n) is 14.2. The number of phenols is 1. The third kappa shape index (κ3) is 5.91. The van der Waals surface area contributed by atoms with Crippen molar-refractivity contribution >= 4 is 52.9 Å². The summed E-state index contributed by atoms with van der Waals surface area (Å²) in [5, 5.41) is 27.3. The van der Waals surface area contributed by atoms with Crippen LogP contribution in [-0.4, -0.2) is 89.2 Å². The van der Waals surface area contributed by atoms with Crippen molar-refractivity contribution in [3.8, 4) is 34.0 Å². The minimum Gasteiger partial charge on any atom is -0.507 e. The molecule has 0 aliphatic heterocycles. The van der Waals surface area contributed by atoms with E-state index in [1.165, 1.54) is 37.6 Å². The van der Waals surface area contributed by atoms with E-state index < -0.39 is 11.1 Å². The molecule has 2 saturated carbocycles. The normalized spacial score (nSPS) is 24.5. The van der Waals surface area contributed by atoms with Crippen LogP contribution in [0.15, 0.2) is 36.5 Å². The number of hydrogen-bond acceptors (Lipinski definition) is 7. The minimum absolute atomic E-state index is 0.0222. The number of aromatic nitrogens is 4. The third-order valence-corrected chi connectivity index (χ3v) is 8.33. The van der Waals surface area contributed by atoms with Crippen LogP contribution < -0.4 is 9.64 Å². The molecule has 40 heavy (non-hydrogen) atoms. The van der Waals surface area contributed by atoms with Gasteiger partial charge in [0.25, 0.3) is 0 Å². The van der Waals surface area contributed by atoms with Crippen LogP contribution in [0.4, 0.5) is 10.2 Å². The van der Waals surface area contributed by atoms with E-state index in [1.54, 1.807) is 12.1 Å². The predicted octanol–water partition coefficient (Wildman–Crippen LogP) is -0.989. The highest BCUT2D eigenvalue weighted by atomic mass is 19.1. The Morgan fingerprint density at radius 3 is 2.17 bits per heavy atom. The average molecular weight is 534 g/mol. The molecule has 2 bridgehead atoms. The second kappa shape index (κ2) is 9.88. The number of hydrogen-bond donors (Lipinski definition) is 1. The summed E-state index contributed by atoms with van der Waals surface area (Å²) < 4.78 is 21.3. The highest BCUT2D eigenvalue weighted by Crippen LogP contribution is 2.59. The molecule has 2 aliphatic rings. The van der Waals surface area contributed by atoms with Gasteiger partial charge in [-0.2, -0.15) is 5.10 Å². The van der Waals surface area contributed by atoms with Crippen molar-refractivity contribution in [3.05, 3.63) is 42.3 Å². The molecule has 2 fully saturated rings. The molecule has 0 spiro atoms. The number of fused-ring (bicyclic) bond motifs is 2. The van der Waals surface area contributed by atoms with Gasteiger partial charge in [0.05, 0.1) is 17.5 Å². The molecule has 1 aromatic carbocycles. The van der Waals surface area contributed by atoms with E-state index in [1.807, 2.05) is 29.6 Å². The Kier molecular flexibility index (Phi) is 7.07.